The number of rotatable bonds is 4. The fourth-order valence-electron chi connectivity index (χ4n) is 0.844. The van der Waals surface area contributed by atoms with E-state index in [-0.39, 0.29) is 12.4 Å². The molecule has 1 aromatic carbocycles. The highest BCUT2D eigenvalue weighted by atomic mass is 32.2. The summed E-state index contributed by atoms with van der Waals surface area (Å²) in [7, 11) is 0. The van der Waals surface area contributed by atoms with Crippen molar-refractivity contribution in [1.29, 1.82) is 0 Å². The SMILES string of the molecule is CS(=O)OCC(=O)c1ccccc1. The van der Waals surface area contributed by atoms with Crippen molar-refractivity contribution in [1.82, 2.24) is 0 Å². The molecule has 1 aromatic rings. The van der Waals surface area contributed by atoms with E-state index in [1.807, 2.05) is 6.07 Å². The van der Waals surface area contributed by atoms with Gasteiger partial charge in [-0.2, -0.15) is 0 Å². The molecule has 1 unspecified atom stereocenters. The highest BCUT2D eigenvalue weighted by molar-refractivity contribution is 7.79. The largest absolute Gasteiger partial charge is 0.292 e. The van der Waals surface area contributed by atoms with Gasteiger partial charge in [-0.15, -0.1) is 0 Å². The summed E-state index contributed by atoms with van der Waals surface area (Å²) in [6.07, 6.45) is 1.39. The minimum absolute atomic E-state index is 0.132. The predicted octanol–water partition coefficient (Wildman–Crippen LogP) is 1.18. The lowest BCUT2D eigenvalue weighted by molar-refractivity contribution is 0.0930. The van der Waals surface area contributed by atoms with E-state index in [2.05, 4.69) is 4.18 Å². The number of carbonyl (C=O) groups is 1. The molecule has 0 N–H and O–H groups in total. The first-order valence-electron chi connectivity index (χ1n) is 3.75. The average Bonchev–Trinajstić information content (AvgIpc) is 2.15. The molecular formula is C9H10O3S. The predicted molar refractivity (Wildman–Crippen MR) is 50.8 cm³/mol. The van der Waals surface area contributed by atoms with E-state index < -0.39 is 11.1 Å². The van der Waals surface area contributed by atoms with Crippen LogP contribution in [0.3, 0.4) is 0 Å². The van der Waals surface area contributed by atoms with Crippen LogP contribution in [0.15, 0.2) is 30.3 Å². The van der Waals surface area contributed by atoms with Gasteiger partial charge in [0, 0.05) is 11.8 Å². The zero-order valence-corrected chi connectivity index (χ0v) is 8.04. The lowest BCUT2D eigenvalue weighted by Crippen LogP contribution is -2.09. The summed E-state index contributed by atoms with van der Waals surface area (Å²) in [5, 5.41) is 0. The summed E-state index contributed by atoms with van der Waals surface area (Å²) in [5.41, 5.74) is 0.577. The molecule has 0 aliphatic carbocycles. The smallest absolute Gasteiger partial charge is 0.189 e. The second-order valence-corrected chi connectivity index (χ2v) is 3.49. The van der Waals surface area contributed by atoms with Crippen LogP contribution in [0.4, 0.5) is 0 Å². The van der Waals surface area contributed by atoms with Crippen molar-refractivity contribution in [3.8, 4) is 0 Å². The van der Waals surface area contributed by atoms with Crippen LogP contribution in [0.25, 0.3) is 0 Å². The summed E-state index contributed by atoms with van der Waals surface area (Å²) in [4.78, 5) is 11.3. The molecule has 4 heteroatoms. The van der Waals surface area contributed by atoms with Crippen molar-refractivity contribution in [3.63, 3.8) is 0 Å². The second kappa shape index (κ2) is 4.89. The average molecular weight is 198 g/mol. The molecule has 0 spiro atoms. The molecule has 3 nitrogen and oxygen atoms in total. The summed E-state index contributed by atoms with van der Waals surface area (Å²) in [6, 6.07) is 8.77. The van der Waals surface area contributed by atoms with Crippen molar-refractivity contribution in [2.75, 3.05) is 12.9 Å². The first kappa shape index (κ1) is 10.1. The molecule has 0 bridgehead atoms. The van der Waals surface area contributed by atoms with E-state index in [0.717, 1.165) is 0 Å². The van der Waals surface area contributed by atoms with E-state index in [4.69, 9.17) is 0 Å². The van der Waals surface area contributed by atoms with Gasteiger partial charge in [-0.3, -0.25) is 8.98 Å². The van der Waals surface area contributed by atoms with Gasteiger partial charge in [-0.05, 0) is 0 Å². The standard InChI is InChI=1S/C9H10O3S/c1-13(11)12-7-9(10)8-5-3-2-4-6-8/h2-6H,7H2,1H3. The fourth-order valence-corrected chi connectivity index (χ4v) is 1.12. The summed E-state index contributed by atoms with van der Waals surface area (Å²) >= 11 is -1.38. The van der Waals surface area contributed by atoms with Gasteiger partial charge in [-0.25, -0.2) is 4.21 Å². The number of ketones is 1. The number of hydrogen-bond donors (Lipinski definition) is 0. The van der Waals surface area contributed by atoms with Crippen molar-refractivity contribution >= 4 is 16.9 Å². The van der Waals surface area contributed by atoms with Crippen LogP contribution in [0.5, 0.6) is 0 Å². The Labute approximate surface area is 79.4 Å². The Hall–Kier alpha value is -1.00. The molecule has 0 radical (unpaired) electrons. The number of benzene rings is 1. The van der Waals surface area contributed by atoms with Crippen molar-refractivity contribution in [2.45, 2.75) is 0 Å². The van der Waals surface area contributed by atoms with Crippen molar-refractivity contribution < 1.29 is 13.2 Å². The molecule has 1 atom stereocenters. The zero-order chi connectivity index (χ0) is 9.68. The Morgan fingerprint density at radius 2 is 2.00 bits per heavy atom. The minimum atomic E-state index is -1.38. The third-order valence-corrected chi connectivity index (χ3v) is 1.90. The topological polar surface area (TPSA) is 43.4 Å². The molecule has 13 heavy (non-hydrogen) atoms. The molecule has 0 saturated carbocycles. The van der Waals surface area contributed by atoms with Crippen LogP contribution in [-0.2, 0) is 15.3 Å². The highest BCUT2D eigenvalue weighted by Crippen LogP contribution is 2.00. The third-order valence-electron chi connectivity index (χ3n) is 1.45. The number of hydrogen-bond acceptors (Lipinski definition) is 3. The Bertz CT molecular complexity index is 308. The Kier molecular flexibility index (Phi) is 3.79. The van der Waals surface area contributed by atoms with Crippen LogP contribution in [0.2, 0.25) is 0 Å². The molecule has 0 aliphatic rings. The quantitative estimate of drug-likeness (QED) is 0.682. The monoisotopic (exact) mass is 198 g/mol. The van der Waals surface area contributed by atoms with E-state index >= 15 is 0 Å². The maximum absolute atomic E-state index is 11.3. The van der Waals surface area contributed by atoms with Crippen LogP contribution in [0, 0.1) is 0 Å². The molecule has 1 rings (SSSR count). The molecular weight excluding hydrogens is 188 g/mol. The molecule has 0 fully saturated rings. The van der Waals surface area contributed by atoms with E-state index in [0.29, 0.717) is 5.56 Å². The van der Waals surface area contributed by atoms with E-state index in [9.17, 15) is 9.00 Å². The van der Waals surface area contributed by atoms with Crippen molar-refractivity contribution in [3.05, 3.63) is 35.9 Å². The van der Waals surface area contributed by atoms with Gasteiger partial charge < -0.3 is 0 Å². The molecule has 0 aromatic heterocycles. The van der Waals surface area contributed by atoms with Crippen LogP contribution < -0.4 is 0 Å². The molecule has 70 valence electrons. The minimum Gasteiger partial charge on any atom is -0.292 e. The maximum atomic E-state index is 11.3. The number of carbonyl (C=O) groups excluding carboxylic acids is 1. The van der Waals surface area contributed by atoms with Gasteiger partial charge in [0.1, 0.15) is 6.61 Å². The Morgan fingerprint density at radius 3 is 2.54 bits per heavy atom. The van der Waals surface area contributed by atoms with Crippen LogP contribution >= 0.6 is 0 Å². The molecule has 0 saturated heterocycles. The Morgan fingerprint density at radius 1 is 1.38 bits per heavy atom. The fraction of sp³-hybridized carbons (Fsp3) is 0.222. The van der Waals surface area contributed by atoms with Gasteiger partial charge in [0.25, 0.3) is 0 Å². The van der Waals surface area contributed by atoms with Gasteiger partial charge in [0.05, 0.1) is 0 Å². The molecule has 0 heterocycles. The first-order chi connectivity index (χ1) is 6.20. The normalized spacial score (nSPS) is 12.4. The lowest BCUT2D eigenvalue weighted by atomic mass is 10.1. The van der Waals surface area contributed by atoms with E-state index in [1.165, 1.54) is 6.26 Å². The zero-order valence-electron chi connectivity index (χ0n) is 7.23. The number of Topliss-reactive ketones (excluding diaryl/α,β-unsaturated/α-hetero) is 1. The molecule has 0 aliphatic heterocycles. The maximum Gasteiger partial charge on any atom is 0.189 e. The third kappa shape index (κ3) is 3.48. The van der Waals surface area contributed by atoms with E-state index in [1.54, 1.807) is 24.3 Å². The lowest BCUT2D eigenvalue weighted by Gasteiger charge is -1.98. The summed E-state index contributed by atoms with van der Waals surface area (Å²) in [5.74, 6) is -0.157. The summed E-state index contributed by atoms with van der Waals surface area (Å²) < 4.78 is 15.2. The van der Waals surface area contributed by atoms with Gasteiger partial charge in [0.15, 0.2) is 16.9 Å². The van der Waals surface area contributed by atoms with Gasteiger partial charge >= 0.3 is 0 Å². The molecule has 0 amide bonds. The Balaban J connectivity index is 2.54. The highest BCUT2D eigenvalue weighted by Gasteiger charge is 2.05. The van der Waals surface area contributed by atoms with Crippen LogP contribution in [0.1, 0.15) is 10.4 Å². The second-order valence-electron chi connectivity index (χ2n) is 2.45. The van der Waals surface area contributed by atoms with Crippen LogP contribution in [-0.4, -0.2) is 22.9 Å². The summed E-state index contributed by atoms with van der Waals surface area (Å²) in [6.45, 7) is -0.132. The first-order valence-corrected chi connectivity index (χ1v) is 5.23. The van der Waals surface area contributed by atoms with Gasteiger partial charge in [-0.1, -0.05) is 30.3 Å². The van der Waals surface area contributed by atoms with Crippen molar-refractivity contribution in [2.24, 2.45) is 0 Å². The van der Waals surface area contributed by atoms with Gasteiger partial charge in [0.2, 0.25) is 0 Å².